The molecular formula is C16H20ClNO5S2. The van der Waals surface area contributed by atoms with E-state index in [2.05, 4.69) is 5.32 Å². The van der Waals surface area contributed by atoms with Gasteiger partial charge in [-0.2, -0.15) is 0 Å². The number of ether oxygens (including phenoxy) is 1. The van der Waals surface area contributed by atoms with Crippen LogP contribution in [0.3, 0.4) is 0 Å². The van der Waals surface area contributed by atoms with Crippen molar-refractivity contribution in [1.29, 1.82) is 0 Å². The minimum atomic E-state index is -2.97. The lowest BCUT2D eigenvalue weighted by Gasteiger charge is -2.15. The molecule has 0 radical (unpaired) electrons. The van der Waals surface area contributed by atoms with Crippen LogP contribution < -0.4 is 5.32 Å². The summed E-state index contributed by atoms with van der Waals surface area (Å²) in [6.45, 7) is 3.31. The van der Waals surface area contributed by atoms with Crippen LogP contribution in [0, 0.1) is 6.92 Å². The smallest absolute Gasteiger partial charge is 0.316 e. The van der Waals surface area contributed by atoms with E-state index < -0.39 is 27.8 Å². The van der Waals surface area contributed by atoms with Crippen LogP contribution in [0.25, 0.3) is 0 Å². The molecule has 1 heterocycles. The molecule has 2 rings (SSSR count). The van der Waals surface area contributed by atoms with Crippen molar-refractivity contribution >= 4 is 50.8 Å². The number of carbonyl (C=O) groups excluding carboxylic acids is 2. The summed E-state index contributed by atoms with van der Waals surface area (Å²) >= 11 is 7.16. The van der Waals surface area contributed by atoms with Crippen LogP contribution in [0.2, 0.25) is 5.02 Å². The maximum absolute atomic E-state index is 12.1. The number of rotatable bonds is 6. The van der Waals surface area contributed by atoms with Crippen molar-refractivity contribution in [2.24, 2.45) is 0 Å². The van der Waals surface area contributed by atoms with Gasteiger partial charge in [-0.25, -0.2) is 8.42 Å². The van der Waals surface area contributed by atoms with Gasteiger partial charge in [0.2, 0.25) is 0 Å². The Kier molecular flexibility index (Phi) is 6.76. The Hall–Kier alpha value is -1.25. The van der Waals surface area contributed by atoms with Gasteiger partial charge in [0, 0.05) is 16.0 Å². The van der Waals surface area contributed by atoms with Crippen LogP contribution in [0.15, 0.2) is 18.2 Å². The predicted molar refractivity (Wildman–Crippen MR) is 99.9 cm³/mol. The van der Waals surface area contributed by atoms with Crippen molar-refractivity contribution in [1.82, 2.24) is 0 Å². The first-order chi connectivity index (χ1) is 11.7. The molecule has 0 spiro atoms. The van der Waals surface area contributed by atoms with E-state index in [1.807, 2.05) is 6.92 Å². The Morgan fingerprint density at radius 1 is 1.44 bits per heavy atom. The number of benzene rings is 1. The molecule has 9 heteroatoms. The number of sulfone groups is 1. The van der Waals surface area contributed by atoms with Crippen molar-refractivity contribution < 1.29 is 22.7 Å². The molecule has 1 saturated heterocycles. The molecular weight excluding hydrogens is 386 g/mol. The molecule has 1 amide bonds. The third-order valence-corrected chi connectivity index (χ3v) is 7.25. The van der Waals surface area contributed by atoms with Gasteiger partial charge >= 0.3 is 5.97 Å². The molecule has 25 heavy (non-hydrogen) atoms. The Balaban J connectivity index is 1.80. The highest BCUT2D eigenvalue weighted by molar-refractivity contribution is 8.02. The quantitative estimate of drug-likeness (QED) is 0.731. The van der Waals surface area contributed by atoms with Gasteiger partial charge in [-0.15, -0.1) is 11.8 Å². The average molecular weight is 406 g/mol. The number of amides is 1. The zero-order chi connectivity index (χ0) is 18.6. The van der Waals surface area contributed by atoms with Crippen molar-refractivity contribution in [3.8, 4) is 0 Å². The SMILES string of the molecule is Cc1ccc(Cl)cc1NC(=O)[C@@H](C)OC(=O)CS[C@@H]1CCS(=O)(=O)C1. The number of aryl methyl sites for hydroxylation is 1. The van der Waals surface area contributed by atoms with Crippen LogP contribution in [-0.2, 0) is 24.2 Å². The third kappa shape index (κ3) is 6.20. The number of anilines is 1. The van der Waals surface area contributed by atoms with E-state index in [1.165, 1.54) is 18.7 Å². The van der Waals surface area contributed by atoms with Gasteiger partial charge in [0.1, 0.15) is 0 Å². The molecule has 1 aliphatic rings. The van der Waals surface area contributed by atoms with Crippen LogP contribution in [0.5, 0.6) is 0 Å². The van der Waals surface area contributed by atoms with Crippen LogP contribution in [0.4, 0.5) is 5.69 Å². The third-order valence-electron chi connectivity index (χ3n) is 3.76. The maximum Gasteiger partial charge on any atom is 0.316 e. The lowest BCUT2D eigenvalue weighted by atomic mass is 10.2. The summed E-state index contributed by atoms with van der Waals surface area (Å²) in [4.78, 5) is 24.0. The second-order valence-corrected chi connectivity index (χ2v) is 9.87. The predicted octanol–water partition coefficient (Wildman–Crippen LogP) is 2.44. The molecule has 1 aromatic carbocycles. The molecule has 0 bridgehead atoms. The lowest BCUT2D eigenvalue weighted by Crippen LogP contribution is -2.31. The first kappa shape index (κ1) is 20.1. The van der Waals surface area contributed by atoms with Gasteiger partial charge in [-0.3, -0.25) is 9.59 Å². The minimum Gasteiger partial charge on any atom is -0.452 e. The molecule has 0 aromatic heterocycles. The molecule has 1 N–H and O–H groups in total. The molecule has 1 aliphatic heterocycles. The zero-order valence-electron chi connectivity index (χ0n) is 14.0. The van der Waals surface area contributed by atoms with Crippen LogP contribution >= 0.6 is 23.4 Å². The fourth-order valence-electron chi connectivity index (χ4n) is 2.33. The molecule has 138 valence electrons. The van der Waals surface area contributed by atoms with E-state index >= 15 is 0 Å². The number of thioether (sulfide) groups is 1. The first-order valence-corrected chi connectivity index (χ1v) is 11.0. The van der Waals surface area contributed by atoms with Gasteiger partial charge in [-0.05, 0) is 38.0 Å². The van der Waals surface area contributed by atoms with Crippen molar-refractivity contribution in [2.75, 3.05) is 22.6 Å². The molecule has 0 aliphatic carbocycles. The highest BCUT2D eigenvalue weighted by Crippen LogP contribution is 2.24. The monoisotopic (exact) mass is 405 g/mol. The minimum absolute atomic E-state index is 0.0218. The fourth-order valence-corrected chi connectivity index (χ4v) is 5.92. The summed E-state index contributed by atoms with van der Waals surface area (Å²) in [7, 11) is -2.97. The summed E-state index contributed by atoms with van der Waals surface area (Å²) in [5.74, 6) is -0.715. The highest BCUT2D eigenvalue weighted by atomic mass is 35.5. The summed E-state index contributed by atoms with van der Waals surface area (Å²) in [6, 6.07) is 5.12. The average Bonchev–Trinajstić information content (AvgIpc) is 2.88. The highest BCUT2D eigenvalue weighted by Gasteiger charge is 2.29. The van der Waals surface area contributed by atoms with Gasteiger partial charge < -0.3 is 10.1 Å². The van der Waals surface area contributed by atoms with E-state index in [4.69, 9.17) is 16.3 Å². The Morgan fingerprint density at radius 3 is 2.80 bits per heavy atom. The van der Waals surface area contributed by atoms with Crippen molar-refractivity contribution in [2.45, 2.75) is 31.6 Å². The second-order valence-electron chi connectivity index (χ2n) is 5.92. The van der Waals surface area contributed by atoms with E-state index in [0.717, 1.165) is 5.56 Å². The number of carbonyl (C=O) groups is 2. The number of esters is 1. The van der Waals surface area contributed by atoms with Gasteiger partial charge in [-0.1, -0.05) is 17.7 Å². The van der Waals surface area contributed by atoms with Gasteiger partial charge in [0.05, 0.1) is 17.3 Å². The van der Waals surface area contributed by atoms with Gasteiger partial charge in [0.25, 0.3) is 5.91 Å². The summed E-state index contributed by atoms with van der Waals surface area (Å²) in [6.07, 6.45) is -0.413. The summed E-state index contributed by atoms with van der Waals surface area (Å²) in [5.41, 5.74) is 1.40. The van der Waals surface area contributed by atoms with E-state index in [-0.39, 0.29) is 22.5 Å². The molecule has 6 nitrogen and oxygen atoms in total. The van der Waals surface area contributed by atoms with Crippen LogP contribution in [0.1, 0.15) is 18.9 Å². The van der Waals surface area contributed by atoms with Crippen molar-refractivity contribution in [3.63, 3.8) is 0 Å². The molecule has 1 fully saturated rings. The number of hydrogen-bond acceptors (Lipinski definition) is 6. The Bertz CT molecular complexity index is 766. The number of hydrogen-bond donors (Lipinski definition) is 1. The second kappa shape index (κ2) is 8.42. The lowest BCUT2D eigenvalue weighted by molar-refractivity contribution is -0.150. The zero-order valence-corrected chi connectivity index (χ0v) is 16.3. The Labute approximate surface area is 156 Å². The Morgan fingerprint density at radius 2 is 2.16 bits per heavy atom. The largest absolute Gasteiger partial charge is 0.452 e. The van der Waals surface area contributed by atoms with E-state index in [9.17, 15) is 18.0 Å². The molecule has 0 saturated carbocycles. The normalized spacial score (nSPS) is 20.0. The molecule has 0 unspecified atom stereocenters. The fraction of sp³-hybridized carbons (Fsp3) is 0.500. The van der Waals surface area contributed by atoms with Crippen molar-refractivity contribution in [3.05, 3.63) is 28.8 Å². The standard InChI is InChI=1S/C16H20ClNO5S2/c1-10-3-4-12(17)7-14(10)18-16(20)11(2)23-15(19)8-24-13-5-6-25(21,22)9-13/h3-4,7,11,13H,5-6,8-9H2,1-2H3,(H,18,20)/t11-,13-/m1/s1. The maximum atomic E-state index is 12.1. The van der Waals surface area contributed by atoms with Crippen LogP contribution in [-0.4, -0.2) is 48.9 Å². The number of nitrogens with one attached hydrogen (secondary N) is 1. The van der Waals surface area contributed by atoms with E-state index in [1.54, 1.807) is 18.2 Å². The summed E-state index contributed by atoms with van der Waals surface area (Å²) < 4.78 is 27.9. The molecule has 2 atom stereocenters. The molecule has 1 aromatic rings. The topological polar surface area (TPSA) is 89.5 Å². The number of halogens is 1. The summed E-state index contributed by atoms with van der Waals surface area (Å²) in [5, 5.41) is 3.08. The first-order valence-electron chi connectivity index (χ1n) is 7.75. The van der Waals surface area contributed by atoms with E-state index in [0.29, 0.717) is 17.1 Å². The van der Waals surface area contributed by atoms with Gasteiger partial charge in [0.15, 0.2) is 15.9 Å².